The quantitative estimate of drug-likeness (QED) is 0.340. The van der Waals surface area contributed by atoms with Gasteiger partial charge in [0.1, 0.15) is 17.2 Å². The molecule has 32 heavy (non-hydrogen) atoms. The Kier molecular flexibility index (Phi) is 5.53. The minimum absolute atomic E-state index is 0.0626. The zero-order valence-electron chi connectivity index (χ0n) is 19.1. The lowest BCUT2D eigenvalue weighted by Crippen LogP contribution is -2.44. The fraction of sp³-hybridized carbons (Fsp3) is 0.769. The summed E-state index contributed by atoms with van der Waals surface area (Å²) in [6, 6.07) is 0. The average molecular weight is 443 g/mol. The predicted octanol–water partition coefficient (Wildman–Crippen LogP) is 3.66. The molecular weight excluding hydrogens is 408 g/mol. The number of Topliss-reactive ketones (excluding diaryl/α,β-unsaturated/α-hetero) is 2. The van der Waals surface area contributed by atoms with Gasteiger partial charge in [-0.3, -0.25) is 14.4 Å². The average Bonchev–Trinajstić information content (AvgIpc) is 3.52. The molecule has 0 radical (unpaired) electrons. The van der Waals surface area contributed by atoms with Crippen LogP contribution in [0.3, 0.4) is 0 Å². The Hall–Kier alpha value is -1.98. The Morgan fingerprint density at radius 3 is 2.28 bits per heavy atom. The Morgan fingerprint density at radius 2 is 1.62 bits per heavy atom. The first-order valence-corrected chi connectivity index (χ1v) is 12.6. The number of allylic oxidation sites excluding steroid dienone is 2. The van der Waals surface area contributed by atoms with Crippen molar-refractivity contribution < 1.29 is 28.7 Å². The Labute approximate surface area is 189 Å². The molecule has 0 saturated heterocycles. The van der Waals surface area contributed by atoms with Crippen LogP contribution >= 0.6 is 0 Å². The van der Waals surface area contributed by atoms with Gasteiger partial charge in [0.2, 0.25) is 0 Å². The van der Waals surface area contributed by atoms with Gasteiger partial charge in [0.15, 0.2) is 6.61 Å². The summed E-state index contributed by atoms with van der Waals surface area (Å²) in [5, 5.41) is 0. The summed E-state index contributed by atoms with van der Waals surface area (Å²) in [6.07, 6.45) is 11.5. The molecule has 4 saturated carbocycles. The number of carbonyl (C=O) groups is 4. The lowest BCUT2D eigenvalue weighted by Gasteiger charge is -2.41. The first kappa shape index (κ1) is 21.8. The van der Waals surface area contributed by atoms with Gasteiger partial charge in [0.25, 0.3) is 0 Å². The highest BCUT2D eigenvalue weighted by molar-refractivity contribution is 6.01. The highest BCUT2D eigenvalue weighted by Gasteiger charge is 2.69. The molecule has 0 aromatic rings. The molecule has 174 valence electrons. The molecule has 0 amide bonds. The third-order valence-electron chi connectivity index (χ3n) is 9.47. The van der Waals surface area contributed by atoms with Gasteiger partial charge in [-0.05, 0) is 49.9 Å². The van der Waals surface area contributed by atoms with Crippen LogP contribution in [-0.2, 0) is 28.7 Å². The molecule has 6 nitrogen and oxygen atoms in total. The molecule has 0 aromatic heterocycles. The van der Waals surface area contributed by atoms with E-state index in [4.69, 9.17) is 9.47 Å². The molecule has 5 aliphatic carbocycles. The van der Waals surface area contributed by atoms with Gasteiger partial charge in [0.05, 0.1) is 5.92 Å². The second kappa shape index (κ2) is 8.11. The number of fused-ring (bicyclic) bond motifs is 9. The predicted molar refractivity (Wildman–Crippen MR) is 115 cm³/mol. The van der Waals surface area contributed by atoms with E-state index in [0.717, 1.165) is 25.7 Å². The maximum atomic E-state index is 12.9. The van der Waals surface area contributed by atoms with Crippen LogP contribution in [0.5, 0.6) is 0 Å². The monoisotopic (exact) mass is 442 g/mol. The summed E-state index contributed by atoms with van der Waals surface area (Å²) in [5.74, 6) is -1.89. The van der Waals surface area contributed by atoms with Crippen LogP contribution in [0.15, 0.2) is 12.2 Å². The fourth-order valence-corrected chi connectivity index (χ4v) is 7.95. The Bertz CT molecular complexity index is 848. The standard InChI is InChI=1S/C26H34O6/c1-3-26(4-2,14-8-6-5-7-9-14)32-19(27)13-31-25(30)18-12-17-20-15-10-11-16(23(15)28)21(20)22(18)24(17)29/h10-11,14-18,20-22H,3-9,12-13H2,1-2H3. The summed E-state index contributed by atoms with van der Waals surface area (Å²) in [5.41, 5.74) is -0.491. The zero-order valence-corrected chi connectivity index (χ0v) is 19.1. The van der Waals surface area contributed by atoms with Crippen molar-refractivity contribution >= 4 is 23.5 Å². The van der Waals surface area contributed by atoms with Gasteiger partial charge in [-0.1, -0.05) is 45.3 Å². The summed E-state index contributed by atoms with van der Waals surface area (Å²) in [6.45, 7) is 3.70. The number of rotatable bonds is 7. The molecule has 0 aliphatic heterocycles. The molecule has 5 aliphatic rings. The van der Waals surface area contributed by atoms with Crippen LogP contribution in [0.1, 0.15) is 65.2 Å². The van der Waals surface area contributed by atoms with Crippen LogP contribution in [0, 0.1) is 47.3 Å². The topological polar surface area (TPSA) is 86.7 Å². The highest BCUT2D eigenvalue weighted by atomic mass is 16.6. The number of ketones is 2. The van der Waals surface area contributed by atoms with E-state index < -0.39 is 36.0 Å². The Morgan fingerprint density at radius 1 is 0.969 bits per heavy atom. The minimum Gasteiger partial charge on any atom is -0.456 e. The van der Waals surface area contributed by atoms with Crippen molar-refractivity contribution in [2.75, 3.05) is 6.61 Å². The van der Waals surface area contributed by atoms with Gasteiger partial charge in [-0.15, -0.1) is 0 Å². The number of esters is 2. The van der Waals surface area contributed by atoms with E-state index in [-0.39, 0.29) is 41.2 Å². The molecule has 4 fully saturated rings. The lowest BCUT2D eigenvalue weighted by atomic mass is 9.69. The normalized spacial score (nSPS) is 37.8. The van der Waals surface area contributed by atoms with Gasteiger partial charge >= 0.3 is 11.9 Å². The lowest BCUT2D eigenvalue weighted by molar-refractivity contribution is -0.179. The van der Waals surface area contributed by atoms with Crippen molar-refractivity contribution in [1.82, 2.24) is 0 Å². The number of ether oxygens (including phenoxy) is 2. The van der Waals surface area contributed by atoms with Crippen molar-refractivity contribution in [3.63, 3.8) is 0 Å². The van der Waals surface area contributed by atoms with Crippen LogP contribution in [-0.4, -0.2) is 35.7 Å². The third-order valence-corrected chi connectivity index (χ3v) is 9.47. The SMILES string of the molecule is CCC(CC)(OC(=O)COC(=O)C1CC2C(=O)C1C1C3C=CC(C3=O)C21)C1CCCCC1. The molecule has 6 heteroatoms. The highest BCUT2D eigenvalue weighted by Crippen LogP contribution is 2.64. The first-order valence-electron chi connectivity index (χ1n) is 12.6. The number of hydrogen-bond acceptors (Lipinski definition) is 6. The molecule has 0 aromatic carbocycles. The second-order valence-electron chi connectivity index (χ2n) is 10.6. The van der Waals surface area contributed by atoms with E-state index in [2.05, 4.69) is 13.8 Å². The van der Waals surface area contributed by atoms with Crippen molar-refractivity contribution in [2.45, 2.75) is 70.8 Å². The van der Waals surface area contributed by atoms with E-state index in [1.807, 2.05) is 12.2 Å². The van der Waals surface area contributed by atoms with Gasteiger partial charge in [0, 0.05) is 23.7 Å². The Balaban J connectivity index is 1.20. The van der Waals surface area contributed by atoms with Crippen molar-refractivity contribution in [1.29, 1.82) is 0 Å². The van der Waals surface area contributed by atoms with Crippen molar-refractivity contribution in [3.8, 4) is 0 Å². The summed E-state index contributed by atoms with van der Waals surface area (Å²) in [4.78, 5) is 50.9. The largest absolute Gasteiger partial charge is 0.456 e. The van der Waals surface area contributed by atoms with E-state index >= 15 is 0 Å². The second-order valence-corrected chi connectivity index (χ2v) is 10.6. The molecule has 0 heterocycles. The van der Waals surface area contributed by atoms with Crippen molar-refractivity contribution in [3.05, 3.63) is 12.2 Å². The van der Waals surface area contributed by atoms with Crippen LogP contribution in [0.2, 0.25) is 0 Å². The van der Waals surface area contributed by atoms with Gasteiger partial charge in [-0.2, -0.15) is 0 Å². The molecule has 4 bridgehead atoms. The molecule has 0 N–H and O–H groups in total. The summed E-state index contributed by atoms with van der Waals surface area (Å²) in [7, 11) is 0. The molecule has 7 atom stereocenters. The van der Waals surface area contributed by atoms with Crippen molar-refractivity contribution in [2.24, 2.45) is 47.3 Å². The number of carbonyl (C=O) groups excluding carboxylic acids is 4. The van der Waals surface area contributed by atoms with Crippen LogP contribution in [0.25, 0.3) is 0 Å². The molecule has 7 unspecified atom stereocenters. The van der Waals surface area contributed by atoms with E-state index in [9.17, 15) is 19.2 Å². The van der Waals surface area contributed by atoms with E-state index in [1.54, 1.807) is 0 Å². The molecular formula is C26H34O6. The molecule has 5 rings (SSSR count). The van der Waals surface area contributed by atoms with E-state index in [1.165, 1.54) is 19.3 Å². The smallest absolute Gasteiger partial charge is 0.344 e. The maximum absolute atomic E-state index is 12.9. The van der Waals surface area contributed by atoms with Crippen LogP contribution in [0.4, 0.5) is 0 Å². The van der Waals surface area contributed by atoms with E-state index in [0.29, 0.717) is 12.3 Å². The van der Waals surface area contributed by atoms with Crippen LogP contribution < -0.4 is 0 Å². The summed E-state index contributed by atoms with van der Waals surface area (Å²) < 4.78 is 11.4. The van der Waals surface area contributed by atoms with Gasteiger partial charge in [-0.25, -0.2) is 4.79 Å². The first-order chi connectivity index (χ1) is 15.4. The fourth-order valence-electron chi connectivity index (χ4n) is 7.95. The summed E-state index contributed by atoms with van der Waals surface area (Å²) >= 11 is 0. The van der Waals surface area contributed by atoms with Gasteiger partial charge < -0.3 is 9.47 Å². The zero-order chi connectivity index (χ0) is 22.6. The third kappa shape index (κ3) is 3.12. The minimum atomic E-state index is -0.539. The molecule has 0 spiro atoms. The maximum Gasteiger partial charge on any atom is 0.344 e. The number of hydrogen-bond donors (Lipinski definition) is 0.